The molecule has 3 amide bonds. The highest BCUT2D eigenvalue weighted by Gasteiger charge is 2.75. The van der Waals surface area contributed by atoms with E-state index in [0.717, 1.165) is 28.6 Å². The molecule has 0 aliphatic carbocycles. The molecule has 1 unspecified atom stereocenters. The zero-order valence-electron chi connectivity index (χ0n) is 25.5. The number of fused-ring (bicyclic) bond motifs is 3. The average Bonchev–Trinajstić information content (AvgIpc) is 3.35. The van der Waals surface area contributed by atoms with E-state index in [4.69, 9.17) is 4.74 Å². The number of hydrogen-bond donors (Lipinski definition) is 1. The summed E-state index contributed by atoms with van der Waals surface area (Å²) in [5, 5.41) is 11.5. The van der Waals surface area contributed by atoms with Gasteiger partial charge in [-0.2, -0.15) is 0 Å². The molecule has 3 aromatic rings. The van der Waals surface area contributed by atoms with Gasteiger partial charge in [-0.05, 0) is 60.7 Å². The van der Waals surface area contributed by atoms with Crippen molar-refractivity contribution in [2.24, 2.45) is 11.8 Å². The predicted octanol–water partition coefficient (Wildman–Crippen LogP) is 4.87. The van der Waals surface area contributed by atoms with Gasteiger partial charge in [0.1, 0.15) is 11.6 Å². The molecule has 2 fully saturated rings. The minimum absolute atomic E-state index is 0.0711. The van der Waals surface area contributed by atoms with Crippen LogP contribution in [0, 0.1) is 11.8 Å². The lowest BCUT2D eigenvalue weighted by atomic mass is 9.73. The summed E-state index contributed by atoms with van der Waals surface area (Å²) in [5.74, 6) is -2.27. The van der Waals surface area contributed by atoms with Crippen LogP contribution in [0.15, 0.2) is 97.1 Å². The molecule has 1 spiro atoms. The van der Waals surface area contributed by atoms with Crippen LogP contribution in [-0.4, -0.2) is 71.2 Å². The molecule has 4 heterocycles. The van der Waals surface area contributed by atoms with Crippen molar-refractivity contribution in [1.29, 1.82) is 0 Å². The Morgan fingerprint density at radius 3 is 2.22 bits per heavy atom. The molecule has 3 aromatic carbocycles. The molecule has 0 saturated carbocycles. The molecule has 8 nitrogen and oxygen atoms in total. The number of likely N-dealkylation sites (tertiary alicyclic amines) is 1. The van der Waals surface area contributed by atoms with Crippen LogP contribution in [0.1, 0.15) is 32.6 Å². The maximum absolute atomic E-state index is 14.8. The topological polar surface area (TPSA) is 90.4 Å². The van der Waals surface area contributed by atoms with Crippen LogP contribution in [-0.2, 0) is 19.1 Å². The van der Waals surface area contributed by atoms with Gasteiger partial charge in [0, 0.05) is 37.6 Å². The second-order valence-electron chi connectivity index (χ2n) is 12.5. The van der Waals surface area contributed by atoms with Gasteiger partial charge in [-0.3, -0.25) is 14.4 Å². The van der Waals surface area contributed by atoms with Crippen molar-refractivity contribution < 1.29 is 24.2 Å². The van der Waals surface area contributed by atoms with Crippen molar-refractivity contribution in [3.05, 3.63) is 97.1 Å². The second kappa shape index (κ2) is 11.6. The van der Waals surface area contributed by atoms with Crippen molar-refractivity contribution in [2.75, 3.05) is 36.0 Å². The van der Waals surface area contributed by atoms with E-state index in [2.05, 4.69) is 0 Å². The minimum Gasteiger partial charge on any atom is -0.396 e. The maximum atomic E-state index is 14.8. The summed E-state index contributed by atoms with van der Waals surface area (Å²) in [6.07, 6.45) is 10.2. The fourth-order valence-electron chi connectivity index (χ4n) is 7.99. The first-order chi connectivity index (χ1) is 21.9. The molecule has 1 N–H and O–H groups in total. The lowest BCUT2D eigenvalue weighted by molar-refractivity contribution is -0.145. The zero-order chi connectivity index (χ0) is 31.2. The number of para-hydroxylation sites is 1. The molecular weight excluding hydrogens is 566 g/mol. The van der Waals surface area contributed by atoms with Crippen LogP contribution in [0.4, 0.5) is 11.4 Å². The Morgan fingerprint density at radius 1 is 0.756 bits per heavy atom. The third-order valence-electron chi connectivity index (χ3n) is 10.1. The van der Waals surface area contributed by atoms with E-state index < -0.39 is 29.1 Å². The molecular formula is C37H39N3O5. The summed E-state index contributed by atoms with van der Waals surface area (Å²) in [4.78, 5) is 49.3. The quantitative estimate of drug-likeness (QED) is 0.292. The van der Waals surface area contributed by atoms with Crippen molar-refractivity contribution in [3.8, 4) is 0 Å². The standard InChI is InChI=1S/C37H39N3O5/c1-2-36-19-11-22-38(28-15-5-3-6-16-28)33(42)30(36)31-34(43)40(21-9-4-10-24-41)32-35(44)39(23-12-20-37(31,32)45-36)29-18-17-26-13-7-8-14-27(26)25-29/h3,5-8,11-20,25,30-32,41H,2,4,9-10,21-24H2,1H3/t30-,31-,32?,36+,37-/m0/s1. The van der Waals surface area contributed by atoms with E-state index in [1.165, 1.54) is 0 Å². The number of aliphatic hydroxyl groups is 1. The lowest BCUT2D eigenvalue weighted by Crippen LogP contribution is -2.56. The second-order valence-corrected chi connectivity index (χ2v) is 12.5. The first kappa shape index (κ1) is 29.4. The lowest BCUT2D eigenvalue weighted by Gasteiger charge is -2.38. The molecule has 4 aliphatic rings. The number of benzene rings is 3. The molecule has 7 rings (SSSR count). The molecule has 2 saturated heterocycles. The van der Waals surface area contributed by atoms with E-state index in [1.807, 2.05) is 104 Å². The van der Waals surface area contributed by atoms with Gasteiger partial charge in [0.25, 0.3) is 5.91 Å². The molecule has 8 heteroatoms. The molecule has 0 radical (unpaired) electrons. The van der Waals surface area contributed by atoms with Crippen LogP contribution in [0.25, 0.3) is 10.8 Å². The highest BCUT2D eigenvalue weighted by Crippen LogP contribution is 2.59. The summed E-state index contributed by atoms with van der Waals surface area (Å²) >= 11 is 0. The average molecular weight is 606 g/mol. The number of hydrogen-bond acceptors (Lipinski definition) is 5. The Hall–Kier alpha value is -4.27. The van der Waals surface area contributed by atoms with Gasteiger partial charge in [-0.15, -0.1) is 0 Å². The molecule has 45 heavy (non-hydrogen) atoms. The molecule has 0 aromatic heterocycles. The van der Waals surface area contributed by atoms with E-state index in [9.17, 15) is 19.5 Å². The Kier molecular flexibility index (Phi) is 7.58. The number of aliphatic hydroxyl groups excluding tert-OH is 1. The van der Waals surface area contributed by atoms with Crippen LogP contribution in [0.5, 0.6) is 0 Å². The smallest absolute Gasteiger partial charge is 0.253 e. The van der Waals surface area contributed by atoms with Gasteiger partial charge >= 0.3 is 0 Å². The van der Waals surface area contributed by atoms with Gasteiger partial charge < -0.3 is 24.5 Å². The van der Waals surface area contributed by atoms with Crippen molar-refractivity contribution >= 4 is 39.9 Å². The van der Waals surface area contributed by atoms with Gasteiger partial charge in [0.15, 0.2) is 0 Å². The van der Waals surface area contributed by atoms with Crippen molar-refractivity contribution in [3.63, 3.8) is 0 Å². The molecule has 5 atom stereocenters. The van der Waals surface area contributed by atoms with Gasteiger partial charge in [0.05, 0.1) is 17.4 Å². The number of ether oxygens (including phenoxy) is 1. The SMILES string of the molecule is CC[C@@]12C=CCN(c3ccccc3)C(=O)[C@@H]1[C@H]1C(=O)N(CCCCCO)C3C(=O)N(c4ccc5ccccc5c4)CC=C[C@@]31O2. The Labute approximate surface area is 263 Å². The number of anilines is 2. The number of amides is 3. The zero-order valence-corrected chi connectivity index (χ0v) is 25.5. The number of nitrogens with zero attached hydrogens (tertiary/aromatic N) is 3. The highest BCUT2D eigenvalue weighted by molar-refractivity contribution is 6.08. The number of carbonyl (C=O) groups is 3. The highest BCUT2D eigenvalue weighted by atomic mass is 16.5. The number of rotatable bonds is 8. The molecule has 232 valence electrons. The number of carbonyl (C=O) groups excluding carboxylic acids is 3. The Balaban J connectivity index is 1.33. The third-order valence-corrected chi connectivity index (χ3v) is 10.1. The van der Waals surface area contributed by atoms with Gasteiger partial charge in [-0.1, -0.05) is 79.8 Å². The largest absolute Gasteiger partial charge is 0.396 e. The number of unbranched alkanes of at least 4 members (excludes halogenated alkanes) is 2. The first-order valence-electron chi connectivity index (χ1n) is 16.1. The van der Waals surface area contributed by atoms with E-state index in [0.29, 0.717) is 38.9 Å². The van der Waals surface area contributed by atoms with Crippen LogP contribution in [0.3, 0.4) is 0 Å². The Bertz CT molecular complexity index is 1690. The summed E-state index contributed by atoms with van der Waals surface area (Å²) in [6.45, 7) is 3.09. The molecule has 0 bridgehead atoms. The third kappa shape index (κ3) is 4.61. The first-order valence-corrected chi connectivity index (χ1v) is 16.1. The van der Waals surface area contributed by atoms with Crippen molar-refractivity contribution in [1.82, 2.24) is 4.90 Å². The normalized spacial score (nSPS) is 29.2. The summed E-state index contributed by atoms with van der Waals surface area (Å²) in [6, 6.07) is 22.6. The monoisotopic (exact) mass is 605 g/mol. The van der Waals surface area contributed by atoms with Gasteiger partial charge in [0.2, 0.25) is 11.8 Å². The summed E-state index contributed by atoms with van der Waals surface area (Å²) in [5.41, 5.74) is -0.833. The predicted molar refractivity (Wildman–Crippen MR) is 174 cm³/mol. The molecule has 4 aliphatic heterocycles. The van der Waals surface area contributed by atoms with E-state index >= 15 is 0 Å². The summed E-state index contributed by atoms with van der Waals surface area (Å²) in [7, 11) is 0. The summed E-state index contributed by atoms with van der Waals surface area (Å²) < 4.78 is 7.11. The van der Waals surface area contributed by atoms with Gasteiger partial charge in [-0.25, -0.2) is 0 Å². The van der Waals surface area contributed by atoms with E-state index in [1.54, 1.807) is 14.7 Å². The Morgan fingerprint density at radius 2 is 1.47 bits per heavy atom. The fraction of sp³-hybridized carbons (Fsp3) is 0.378. The maximum Gasteiger partial charge on any atom is 0.253 e. The van der Waals surface area contributed by atoms with Crippen LogP contribution in [0.2, 0.25) is 0 Å². The van der Waals surface area contributed by atoms with Crippen LogP contribution >= 0.6 is 0 Å². The fourth-order valence-corrected chi connectivity index (χ4v) is 7.99. The van der Waals surface area contributed by atoms with E-state index in [-0.39, 0.29) is 24.3 Å². The van der Waals surface area contributed by atoms with Crippen LogP contribution < -0.4 is 9.80 Å². The minimum atomic E-state index is -1.31. The van der Waals surface area contributed by atoms with Crippen molar-refractivity contribution in [2.45, 2.75) is 49.9 Å².